The summed E-state index contributed by atoms with van der Waals surface area (Å²) in [5.41, 5.74) is 5.44. The number of nitrogens with two attached hydrogens (primary N) is 1. The Morgan fingerprint density at radius 3 is 2.58 bits per heavy atom. The Kier molecular flexibility index (Phi) is 2.65. The Bertz CT molecular complexity index is 196. The first-order valence-corrected chi connectivity index (χ1v) is 4.72. The highest BCUT2D eigenvalue weighted by atomic mass is 32.2. The second kappa shape index (κ2) is 3.24. The van der Waals surface area contributed by atoms with Crippen LogP contribution >= 0.6 is 11.8 Å². The fraction of sp³-hybridized carbons (Fsp3) is 0.857. The van der Waals surface area contributed by atoms with Crippen molar-refractivity contribution in [3.05, 3.63) is 0 Å². The molecule has 0 aromatic rings. The van der Waals surface area contributed by atoms with E-state index in [2.05, 4.69) is 5.32 Å². The van der Waals surface area contributed by atoms with Crippen LogP contribution in [0, 0.1) is 0 Å². The maximum absolute atomic E-state index is 10.8. The minimum Gasteiger partial charge on any atom is -0.480 e. The molecule has 70 valence electrons. The number of rotatable bonds is 2. The SMILES string of the molecule is CC1(C)S[C@H](CN)N[C@H]1C(=O)O. The van der Waals surface area contributed by atoms with Crippen LogP contribution in [-0.2, 0) is 4.79 Å². The molecule has 0 saturated carbocycles. The molecule has 0 amide bonds. The number of carboxylic acid groups (broad SMARTS) is 1. The molecule has 0 aromatic heterocycles. The summed E-state index contributed by atoms with van der Waals surface area (Å²) in [7, 11) is 0. The van der Waals surface area contributed by atoms with Gasteiger partial charge in [0.1, 0.15) is 6.04 Å². The van der Waals surface area contributed by atoms with E-state index in [1.165, 1.54) is 0 Å². The highest BCUT2D eigenvalue weighted by molar-refractivity contribution is 8.01. The Balaban J connectivity index is 2.70. The van der Waals surface area contributed by atoms with Gasteiger partial charge < -0.3 is 10.8 Å². The van der Waals surface area contributed by atoms with E-state index >= 15 is 0 Å². The average molecular weight is 190 g/mol. The predicted octanol–water partition coefficient (Wildman–Crippen LogP) is -0.161. The van der Waals surface area contributed by atoms with E-state index in [1.54, 1.807) is 11.8 Å². The molecule has 0 aliphatic carbocycles. The molecular formula is C7H14N2O2S. The molecule has 4 nitrogen and oxygen atoms in total. The van der Waals surface area contributed by atoms with Gasteiger partial charge in [-0.3, -0.25) is 10.1 Å². The topological polar surface area (TPSA) is 75.3 Å². The van der Waals surface area contributed by atoms with Gasteiger partial charge in [-0.1, -0.05) is 0 Å². The van der Waals surface area contributed by atoms with Crippen molar-refractivity contribution in [2.75, 3.05) is 6.54 Å². The molecule has 1 fully saturated rings. The summed E-state index contributed by atoms with van der Waals surface area (Å²) in [6, 6.07) is -0.490. The number of hydrogen-bond acceptors (Lipinski definition) is 4. The van der Waals surface area contributed by atoms with E-state index in [9.17, 15) is 4.79 Å². The number of carbonyl (C=O) groups is 1. The van der Waals surface area contributed by atoms with E-state index < -0.39 is 12.0 Å². The van der Waals surface area contributed by atoms with Crippen LogP contribution in [-0.4, -0.2) is 33.8 Å². The molecule has 1 heterocycles. The number of aliphatic carboxylic acids is 1. The summed E-state index contributed by atoms with van der Waals surface area (Å²) in [6.45, 7) is 4.30. The van der Waals surface area contributed by atoms with E-state index in [4.69, 9.17) is 10.8 Å². The third-order valence-corrected chi connectivity index (χ3v) is 3.41. The second-order valence-corrected chi connectivity index (χ2v) is 5.24. The first kappa shape index (κ1) is 9.83. The first-order valence-electron chi connectivity index (χ1n) is 3.84. The van der Waals surface area contributed by atoms with Crippen molar-refractivity contribution < 1.29 is 9.90 Å². The minimum absolute atomic E-state index is 0.0705. The van der Waals surface area contributed by atoms with Crippen LogP contribution < -0.4 is 11.1 Å². The standard InChI is InChI=1S/C7H14N2O2S/c1-7(2)5(6(10)11)9-4(3-8)12-7/h4-5,9H,3,8H2,1-2H3,(H,10,11)/t4-,5+/m1/s1. The minimum atomic E-state index is -0.802. The summed E-state index contributed by atoms with van der Waals surface area (Å²) >= 11 is 1.59. The van der Waals surface area contributed by atoms with Crippen LogP contribution in [0.2, 0.25) is 0 Å². The fourth-order valence-corrected chi connectivity index (χ4v) is 2.68. The molecule has 1 rings (SSSR count). The molecule has 0 aromatic carbocycles. The Hall–Kier alpha value is -0.260. The number of thioether (sulfide) groups is 1. The summed E-state index contributed by atoms with van der Waals surface area (Å²) in [5, 5.41) is 11.9. The van der Waals surface area contributed by atoms with Crippen molar-refractivity contribution in [1.29, 1.82) is 0 Å². The van der Waals surface area contributed by atoms with Crippen molar-refractivity contribution in [2.24, 2.45) is 5.73 Å². The largest absolute Gasteiger partial charge is 0.480 e. The lowest BCUT2D eigenvalue weighted by molar-refractivity contribution is -0.139. The van der Waals surface area contributed by atoms with E-state index in [-0.39, 0.29) is 10.1 Å². The molecule has 4 N–H and O–H groups in total. The molecule has 1 aliphatic rings. The number of hydrogen-bond donors (Lipinski definition) is 3. The summed E-state index contributed by atoms with van der Waals surface area (Å²) in [4.78, 5) is 10.8. The van der Waals surface area contributed by atoms with Gasteiger partial charge >= 0.3 is 5.97 Å². The van der Waals surface area contributed by atoms with Crippen molar-refractivity contribution in [3.8, 4) is 0 Å². The Morgan fingerprint density at radius 1 is 1.75 bits per heavy atom. The van der Waals surface area contributed by atoms with Crippen LogP contribution in [0.1, 0.15) is 13.8 Å². The molecule has 5 heteroatoms. The van der Waals surface area contributed by atoms with Crippen molar-refractivity contribution in [1.82, 2.24) is 5.32 Å². The summed E-state index contributed by atoms with van der Waals surface area (Å²) in [6.07, 6.45) is 0. The average Bonchev–Trinajstić information content (AvgIpc) is 2.25. The van der Waals surface area contributed by atoms with Gasteiger partial charge in [-0.15, -0.1) is 11.8 Å². The second-order valence-electron chi connectivity index (χ2n) is 3.38. The monoisotopic (exact) mass is 190 g/mol. The highest BCUT2D eigenvalue weighted by Gasteiger charge is 2.44. The van der Waals surface area contributed by atoms with Gasteiger partial charge in [0.2, 0.25) is 0 Å². The zero-order chi connectivity index (χ0) is 9.35. The smallest absolute Gasteiger partial charge is 0.322 e. The zero-order valence-corrected chi connectivity index (χ0v) is 8.02. The van der Waals surface area contributed by atoms with Gasteiger partial charge in [0.15, 0.2) is 0 Å². The third-order valence-electron chi connectivity index (χ3n) is 1.95. The molecule has 1 saturated heterocycles. The summed E-state index contributed by atoms with van der Waals surface area (Å²) < 4.78 is -0.268. The normalized spacial score (nSPS) is 33.6. The van der Waals surface area contributed by atoms with E-state index in [0.29, 0.717) is 6.54 Å². The van der Waals surface area contributed by atoms with Crippen molar-refractivity contribution >= 4 is 17.7 Å². The lowest BCUT2D eigenvalue weighted by atomic mass is 10.0. The molecular weight excluding hydrogens is 176 g/mol. The van der Waals surface area contributed by atoms with Crippen LogP contribution in [0.25, 0.3) is 0 Å². The van der Waals surface area contributed by atoms with E-state index in [0.717, 1.165) is 0 Å². The molecule has 2 atom stereocenters. The van der Waals surface area contributed by atoms with Crippen LogP contribution in [0.15, 0.2) is 0 Å². The molecule has 0 unspecified atom stereocenters. The third kappa shape index (κ3) is 1.73. The fourth-order valence-electron chi connectivity index (χ4n) is 1.34. The number of nitrogens with one attached hydrogen (secondary N) is 1. The van der Waals surface area contributed by atoms with Crippen LogP contribution in [0.3, 0.4) is 0 Å². The molecule has 0 spiro atoms. The van der Waals surface area contributed by atoms with Crippen molar-refractivity contribution in [3.63, 3.8) is 0 Å². The van der Waals surface area contributed by atoms with Gasteiger partial charge in [0.05, 0.1) is 5.37 Å². The van der Waals surface area contributed by atoms with Gasteiger partial charge in [0, 0.05) is 11.3 Å². The van der Waals surface area contributed by atoms with Gasteiger partial charge in [0.25, 0.3) is 0 Å². The summed E-state index contributed by atoms with van der Waals surface area (Å²) in [5.74, 6) is -0.802. The number of carboxylic acids is 1. The highest BCUT2D eigenvalue weighted by Crippen LogP contribution is 2.37. The zero-order valence-electron chi connectivity index (χ0n) is 7.20. The van der Waals surface area contributed by atoms with Crippen molar-refractivity contribution in [2.45, 2.75) is 30.0 Å². The lowest BCUT2D eigenvalue weighted by Crippen LogP contribution is -2.45. The van der Waals surface area contributed by atoms with Crippen LogP contribution in [0.4, 0.5) is 0 Å². The Morgan fingerprint density at radius 2 is 2.33 bits per heavy atom. The lowest BCUT2D eigenvalue weighted by Gasteiger charge is -2.20. The first-order chi connectivity index (χ1) is 5.47. The molecule has 0 bridgehead atoms. The molecule has 1 aliphatic heterocycles. The van der Waals surface area contributed by atoms with Crippen LogP contribution in [0.5, 0.6) is 0 Å². The molecule has 0 radical (unpaired) electrons. The van der Waals surface area contributed by atoms with Gasteiger partial charge in [-0.25, -0.2) is 0 Å². The van der Waals surface area contributed by atoms with Gasteiger partial charge in [-0.05, 0) is 13.8 Å². The van der Waals surface area contributed by atoms with Gasteiger partial charge in [-0.2, -0.15) is 0 Å². The Labute approximate surface area is 75.9 Å². The molecule has 12 heavy (non-hydrogen) atoms. The maximum Gasteiger partial charge on any atom is 0.322 e. The maximum atomic E-state index is 10.8. The van der Waals surface area contributed by atoms with E-state index in [1.807, 2.05) is 13.8 Å². The quantitative estimate of drug-likeness (QED) is 0.564. The predicted molar refractivity (Wildman–Crippen MR) is 49.1 cm³/mol.